The van der Waals surface area contributed by atoms with Crippen molar-refractivity contribution in [2.45, 2.75) is 18.4 Å². The second kappa shape index (κ2) is 11.3. The molecular weight excluding hydrogens is 464 g/mol. The highest BCUT2D eigenvalue weighted by Crippen LogP contribution is 2.29. The number of para-hydroxylation sites is 1. The zero-order valence-corrected chi connectivity index (χ0v) is 20.8. The van der Waals surface area contributed by atoms with Crippen molar-refractivity contribution in [2.24, 2.45) is 0 Å². The zero-order chi connectivity index (χ0) is 25.6. The number of benzene rings is 3. The van der Waals surface area contributed by atoms with Crippen LogP contribution in [0.1, 0.15) is 23.5 Å². The molecule has 3 aromatic rings. The highest BCUT2D eigenvalue weighted by Gasteiger charge is 2.39. The molecule has 7 nitrogen and oxygen atoms in total. The van der Waals surface area contributed by atoms with E-state index >= 15 is 0 Å². The Labute approximate surface area is 217 Å². The molecule has 1 atom stereocenters. The number of hydrogen-bond donors (Lipinski definition) is 1. The summed E-state index contributed by atoms with van der Waals surface area (Å²) in [5.74, 6) is -1.06. The van der Waals surface area contributed by atoms with Gasteiger partial charge in [-0.15, -0.1) is 0 Å². The van der Waals surface area contributed by atoms with Gasteiger partial charge < -0.3 is 20.0 Å². The molecule has 2 aliphatic heterocycles. The van der Waals surface area contributed by atoms with E-state index in [0.717, 1.165) is 29.9 Å². The van der Waals surface area contributed by atoms with Crippen LogP contribution in [0.2, 0.25) is 0 Å². The van der Waals surface area contributed by atoms with Gasteiger partial charge in [0.05, 0.1) is 12.3 Å². The fourth-order valence-electron chi connectivity index (χ4n) is 5.26. The van der Waals surface area contributed by atoms with Crippen LogP contribution in [0.25, 0.3) is 0 Å². The molecule has 190 valence electrons. The predicted molar refractivity (Wildman–Crippen MR) is 143 cm³/mol. The molecule has 7 heteroatoms. The third-order valence-corrected chi connectivity index (χ3v) is 7.25. The number of amides is 3. The Balaban J connectivity index is 1.31. The van der Waals surface area contributed by atoms with E-state index in [0.29, 0.717) is 26.2 Å². The lowest BCUT2D eigenvalue weighted by atomic mass is 9.89. The van der Waals surface area contributed by atoms with Crippen LogP contribution in [0.5, 0.6) is 0 Å². The van der Waals surface area contributed by atoms with Gasteiger partial charge in [0.15, 0.2) is 0 Å². The van der Waals surface area contributed by atoms with Gasteiger partial charge in [0.1, 0.15) is 6.04 Å². The maximum Gasteiger partial charge on any atom is 0.243 e. The first kappa shape index (κ1) is 24.6. The Kier molecular flexibility index (Phi) is 7.49. The summed E-state index contributed by atoms with van der Waals surface area (Å²) >= 11 is 0. The van der Waals surface area contributed by atoms with Crippen molar-refractivity contribution in [3.63, 3.8) is 0 Å². The molecule has 2 heterocycles. The summed E-state index contributed by atoms with van der Waals surface area (Å²) in [6, 6.07) is 28.6. The van der Waals surface area contributed by atoms with Gasteiger partial charge in [0, 0.05) is 45.0 Å². The average Bonchev–Trinajstić information content (AvgIpc) is 2.96. The molecule has 0 spiro atoms. The Hall–Kier alpha value is -4.13. The highest BCUT2D eigenvalue weighted by atomic mass is 16.2. The summed E-state index contributed by atoms with van der Waals surface area (Å²) in [4.78, 5) is 46.0. The summed E-state index contributed by atoms with van der Waals surface area (Å²) in [6.45, 7) is 3.40. The van der Waals surface area contributed by atoms with Gasteiger partial charge in [0.2, 0.25) is 17.7 Å². The number of rotatable bonds is 6. The number of carbonyl (C=O) groups excluding carboxylic acids is 3. The molecule has 0 aromatic heterocycles. The van der Waals surface area contributed by atoms with Gasteiger partial charge in [-0.25, -0.2) is 0 Å². The smallest absolute Gasteiger partial charge is 0.243 e. The average molecular weight is 497 g/mol. The summed E-state index contributed by atoms with van der Waals surface area (Å²) in [5.41, 5.74) is 2.88. The van der Waals surface area contributed by atoms with E-state index in [4.69, 9.17) is 0 Å². The van der Waals surface area contributed by atoms with Crippen molar-refractivity contribution in [3.05, 3.63) is 102 Å². The minimum absolute atomic E-state index is 0.0147. The molecule has 3 amide bonds. The SMILES string of the molecule is O=C1NCCN(C(=O)C(c2ccccc2)c2ccccc2)C1CC(=O)N1CCN(c2ccccc2)CC1. The maximum atomic E-state index is 14.0. The Morgan fingerprint density at radius 3 is 1.86 bits per heavy atom. The van der Waals surface area contributed by atoms with Crippen molar-refractivity contribution in [2.75, 3.05) is 44.2 Å². The third kappa shape index (κ3) is 5.50. The molecule has 0 saturated carbocycles. The molecule has 1 N–H and O–H groups in total. The summed E-state index contributed by atoms with van der Waals surface area (Å²) < 4.78 is 0. The van der Waals surface area contributed by atoms with Crippen LogP contribution in [0.15, 0.2) is 91.0 Å². The lowest BCUT2D eigenvalue weighted by Crippen LogP contribution is -2.60. The lowest BCUT2D eigenvalue weighted by Gasteiger charge is -2.39. The molecular formula is C30H32N4O3. The number of piperazine rings is 2. The van der Waals surface area contributed by atoms with Crippen LogP contribution in [-0.2, 0) is 14.4 Å². The van der Waals surface area contributed by atoms with Crippen LogP contribution >= 0.6 is 0 Å². The van der Waals surface area contributed by atoms with Gasteiger partial charge in [-0.1, -0.05) is 78.9 Å². The van der Waals surface area contributed by atoms with Gasteiger partial charge in [-0.2, -0.15) is 0 Å². The third-order valence-electron chi connectivity index (χ3n) is 7.25. The summed E-state index contributed by atoms with van der Waals surface area (Å²) in [7, 11) is 0. The van der Waals surface area contributed by atoms with Crippen LogP contribution in [-0.4, -0.2) is 72.8 Å². The minimum atomic E-state index is -0.823. The Morgan fingerprint density at radius 1 is 0.757 bits per heavy atom. The largest absolute Gasteiger partial charge is 0.368 e. The molecule has 1 unspecified atom stereocenters. The topological polar surface area (TPSA) is 73.0 Å². The molecule has 2 fully saturated rings. The Morgan fingerprint density at radius 2 is 1.30 bits per heavy atom. The van der Waals surface area contributed by atoms with E-state index in [1.807, 2.05) is 83.8 Å². The van der Waals surface area contributed by atoms with Crippen molar-refractivity contribution in [1.29, 1.82) is 0 Å². The first-order valence-electron chi connectivity index (χ1n) is 12.9. The Bertz CT molecular complexity index is 1170. The van der Waals surface area contributed by atoms with Gasteiger partial charge in [-0.05, 0) is 23.3 Å². The zero-order valence-electron chi connectivity index (χ0n) is 20.8. The summed E-state index contributed by atoms with van der Waals surface area (Å²) in [6.07, 6.45) is -0.0147. The number of anilines is 1. The van der Waals surface area contributed by atoms with Gasteiger partial charge >= 0.3 is 0 Å². The standard InChI is InChI=1S/C30H32N4O3/c35-27(33-20-18-32(19-21-33)25-14-8-3-9-15-25)22-26-29(36)31-16-17-34(26)30(37)28(23-10-4-1-5-11-23)24-12-6-2-7-13-24/h1-15,26,28H,16-22H2,(H,31,36). The first-order chi connectivity index (χ1) is 18.1. The van der Waals surface area contributed by atoms with Crippen LogP contribution in [0, 0.1) is 0 Å². The highest BCUT2D eigenvalue weighted by molar-refractivity contribution is 5.96. The molecule has 5 rings (SSSR count). The van der Waals surface area contributed by atoms with E-state index in [2.05, 4.69) is 22.3 Å². The van der Waals surface area contributed by atoms with Crippen LogP contribution in [0.4, 0.5) is 5.69 Å². The van der Waals surface area contributed by atoms with Gasteiger partial charge in [-0.3, -0.25) is 14.4 Å². The predicted octanol–water partition coefficient (Wildman–Crippen LogP) is 2.88. The fourth-order valence-corrected chi connectivity index (χ4v) is 5.26. The van der Waals surface area contributed by atoms with E-state index in [-0.39, 0.29) is 24.1 Å². The molecule has 2 aliphatic rings. The van der Waals surface area contributed by atoms with Crippen molar-refractivity contribution in [3.8, 4) is 0 Å². The van der Waals surface area contributed by atoms with E-state index in [1.54, 1.807) is 4.90 Å². The number of carbonyl (C=O) groups is 3. The maximum absolute atomic E-state index is 14.0. The monoisotopic (exact) mass is 496 g/mol. The normalized spacial score (nSPS) is 18.0. The second-order valence-corrected chi connectivity index (χ2v) is 9.50. The molecule has 37 heavy (non-hydrogen) atoms. The lowest BCUT2D eigenvalue weighted by molar-refractivity contribution is -0.147. The molecule has 2 saturated heterocycles. The van der Waals surface area contributed by atoms with Crippen molar-refractivity contribution in [1.82, 2.24) is 15.1 Å². The fraction of sp³-hybridized carbons (Fsp3) is 0.300. The molecule has 0 aliphatic carbocycles. The van der Waals surface area contributed by atoms with E-state index in [9.17, 15) is 14.4 Å². The number of nitrogens with one attached hydrogen (secondary N) is 1. The first-order valence-corrected chi connectivity index (χ1v) is 12.9. The number of hydrogen-bond acceptors (Lipinski definition) is 4. The quantitative estimate of drug-likeness (QED) is 0.570. The van der Waals surface area contributed by atoms with Gasteiger partial charge in [0.25, 0.3) is 0 Å². The molecule has 3 aromatic carbocycles. The summed E-state index contributed by atoms with van der Waals surface area (Å²) in [5, 5.41) is 2.86. The second-order valence-electron chi connectivity index (χ2n) is 9.50. The van der Waals surface area contributed by atoms with Crippen LogP contribution in [0.3, 0.4) is 0 Å². The van der Waals surface area contributed by atoms with Crippen molar-refractivity contribution >= 4 is 23.4 Å². The number of nitrogens with zero attached hydrogens (tertiary/aromatic N) is 3. The molecule has 0 radical (unpaired) electrons. The minimum Gasteiger partial charge on any atom is -0.368 e. The van der Waals surface area contributed by atoms with Crippen molar-refractivity contribution < 1.29 is 14.4 Å². The van der Waals surface area contributed by atoms with E-state index in [1.165, 1.54) is 0 Å². The van der Waals surface area contributed by atoms with Crippen LogP contribution < -0.4 is 10.2 Å². The molecule has 0 bridgehead atoms. The van der Waals surface area contributed by atoms with E-state index < -0.39 is 12.0 Å².